The summed E-state index contributed by atoms with van der Waals surface area (Å²) in [5, 5.41) is 24.7. The Bertz CT molecular complexity index is 916. The molecule has 1 fully saturated rings. The van der Waals surface area contributed by atoms with Crippen LogP contribution in [-0.4, -0.2) is 76.9 Å². The van der Waals surface area contributed by atoms with E-state index in [1.54, 1.807) is 7.11 Å². The summed E-state index contributed by atoms with van der Waals surface area (Å²) in [7, 11) is 1.56. The van der Waals surface area contributed by atoms with E-state index in [2.05, 4.69) is 68.2 Å². The number of piperazine rings is 1. The number of phenols is 1. The van der Waals surface area contributed by atoms with Gasteiger partial charge in [0.25, 0.3) is 0 Å². The van der Waals surface area contributed by atoms with Crippen molar-refractivity contribution in [1.29, 1.82) is 0 Å². The molecule has 3 rings (SSSR count). The van der Waals surface area contributed by atoms with E-state index in [0.29, 0.717) is 10.2 Å². The Morgan fingerprint density at radius 2 is 1.62 bits per heavy atom. The van der Waals surface area contributed by atoms with Gasteiger partial charge >= 0.3 is 11.9 Å². The van der Waals surface area contributed by atoms with E-state index < -0.39 is 11.9 Å². The first-order chi connectivity index (χ1) is 15.3. The van der Waals surface area contributed by atoms with Crippen LogP contribution in [0.15, 0.2) is 53.0 Å². The molecule has 32 heavy (non-hydrogen) atoms. The molecule has 1 saturated heterocycles. The molecule has 1 heterocycles. The largest absolute Gasteiger partial charge is 0.503 e. The van der Waals surface area contributed by atoms with Crippen LogP contribution in [0.3, 0.4) is 0 Å². The number of methoxy groups -OCH3 is 1. The summed E-state index contributed by atoms with van der Waals surface area (Å²) in [6, 6.07) is 14.4. The summed E-state index contributed by atoms with van der Waals surface area (Å²) >= 11 is 3.36. The summed E-state index contributed by atoms with van der Waals surface area (Å²) in [4.78, 5) is 23.2. The van der Waals surface area contributed by atoms with E-state index in [1.807, 2.05) is 12.1 Å². The minimum absolute atomic E-state index is 0.138. The number of nitrogens with zero attached hydrogens (tertiary/aromatic N) is 2. The number of rotatable bonds is 6. The molecule has 9 heteroatoms. The molecule has 0 unspecified atom stereocenters. The number of benzene rings is 2. The maximum absolute atomic E-state index is 9.87. The van der Waals surface area contributed by atoms with Gasteiger partial charge in [-0.1, -0.05) is 42.5 Å². The fourth-order valence-electron chi connectivity index (χ4n) is 3.16. The molecule has 1 aliphatic heterocycles. The van der Waals surface area contributed by atoms with Gasteiger partial charge in [0.05, 0.1) is 11.6 Å². The van der Waals surface area contributed by atoms with Crippen LogP contribution in [0.4, 0.5) is 0 Å². The highest BCUT2D eigenvalue weighted by atomic mass is 79.9. The van der Waals surface area contributed by atoms with Crippen molar-refractivity contribution in [3.05, 3.63) is 64.1 Å². The van der Waals surface area contributed by atoms with Crippen molar-refractivity contribution in [2.45, 2.75) is 6.54 Å². The normalized spacial score (nSPS) is 14.6. The van der Waals surface area contributed by atoms with Gasteiger partial charge in [0.2, 0.25) is 0 Å². The first-order valence-electron chi connectivity index (χ1n) is 9.98. The smallest absolute Gasteiger partial charge is 0.414 e. The van der Waals surface area contributed by atoms with Crippen LogP contribution in [-0.2, 0) is 16.1 Å². The Kier molecular flexibility index (Phi) is 10.2. The standard InChI is InChI=1S/C21H25BrN2O2.C2H2O4/c1-26-20-15-18(14-19(22)21(20)25)8-5-9-23-10-12-24(13-11-23)16-17-6-3-2-4-7-17;3-1(4)2(5)6/h2-8,14-15,25H,9-13,16H2,1H3;(H,3,4)(H,5,6)/b8-5+;. The summed E-state index contributed by atoms with van der Waals surface area (Å²) in [6.07, 6.45) is 4.24. The lowest BCUT2D eigenvalue weighted by molar-refractivity contribution is -0.159. The van der Waals surface area contributed by atoms with Crippen molar-refractivity contribution in [1.82, 2.24) is 9.80 Å². The van der Waals surface area contributed by atoms with Gasteiger partial charge in [0.15, 0.2) is 11.5 Å². The summed E-state index contributed by atoms with van der Waals surface area (Å²) in [6.45, 7) is 6.33. The summed E-state index contributed by atoms with van der Waals surface area (Å²) in [5.41, 5.74) is 2.39. The molecule has 2 aromatic rings. The van der Waals surface area contributed by atoms with Crippen LogP contribution >= 0.6 is 15.9 Å². The number of ether oxygens (including phenoxy) is 1. The lowest BCUT2D eigenvalue weighted by Gasteiger charge is -2.34. The van der Waals surface area contributed by atoms with Crippen LogP contribution in [0.1, 0.15) is 11.1 Å². The maximum Gasteiger partial charge on any atom is 0.414 e. The Hall–Kier alpha value is -2.88. The molecule has 0 saturated carbocycles. The zero-order valence-corrected chi connectivity index (χ0v) is 19.4. The van der Waals surface area contributed by atoms with Crippen LogP contribution in [0, 0.1) is 0 Å². The van der Waals surface area contributed by atoms with Crippen LogP contribution < -0.4 is 4.74 Å². The molecule has 0 radical (unpaired) electrons. The highest BCUT2D eigenvalue weighted by Gasteiger charge is 2.15. The quantitative estimate of drug-likeness (QED) is 0.512. The van der Waals surface area contributed by atoms with Gasteiger partial charge in [-0.2, -0.15) is 0 Å². The third-order valence-electron chi connectivity index (χ3n) is 4.84. The van der Waals surface area contributed by atoms with Gasteiger partial charge in [-0.25, -0.2) is 9.59 Å². The first kappa shape index (κ1) is 25.4. The fraction of sp³-hybridized carbons (Fsp3) is 0.304. The van der Waals surface area contributed by atoms with E-state index >= 15 is 0 Å². The van der Waals surface area contributed by atoms with E-state index in [9.17, 15) is 5.11 Å². The average molecular weight is 507 g/mol. The predicted molar refractivity (Wildman–Crippen MR) is 125 cm³/mol. The van der Waals surface area contributed by atoms with Gasteiger partial charge in [-0.3, -0.25) is 9.80 Å². The molecule has 0 amide bonds. The van der Waals surface area contributed by atoms with Crippen molar-refractivity contribution in [2.75, 3.05) is 39.8 Å². The second-order valence-corrected chi connectivity index (χ2v) is 7.98. The molecule has 0 aliphatic carbocycles. The van der Waals surface area contributed by atoms with Crippen molar-refractivity contribution in [2.24, 2.45) is 0 Å². The topological polar surface area (TPSA) is 111 Å². The Balaban J connectivity index is 0.000000534. The number of aliphatic carboxylic acids is 2. The number of halogens is 1. The molecule has 0 spiro atoms. The van der Waals surface area contributed by atoms with Gasteiger partial charge in [-0.05, 0) is 39.2 Å². The molecule has 1 aliphatic rings. The number of hydrogen-bond acceptors (Lipinski definition) is 6. The third-order valence-corrected chi connectivity index (χ3v) is 5.45. The van der Waals surface area contributed by atoms with E-state index in [0.717, 1.165) is 44.8 Å². The predicted octanol–water partition coefficient (Wildman–Crippen LogP) is 3.15. The van der Waals surface area contributed by atoms with Crippen molar-refractivity contribution in [3.8, 4) is 11.5 Å². The molecule has 2 aromatic carbocycles. The highest BCUT2D eigenvalue weighted by Crippen LogP contribution is 2.35. The van der Waals surface area contributed by atoms with E-state index in [-0.39, 0.29) is 5.75 Å². The average Bonchev–Trinajstić information content (AvgIpc) is 2.78. The zero-order valence-electron chi connectivity index (χ0n) is 17.8. The molecular formula is C23H27BrN2O6. The van der Waals surface area contributed by atoms with E-state index in [1.165, 1.54) is 5.56 Å². The molecular weight excluding hydrogens is 480 g/mol. The van der Waals surface area contributed by atoms with Crippen molar-refractivity contribution >= 4 is 33.9 Å². The second-order valence-electron chi connectivity index (χ2n) is 7.13. The molecule has 3 N–H and O–H groups in total. The lowest BCUT2D eigenvalue weighted by atomic mass is 10.1. The number of carboxylic acid groups (broad SMARTS) is 2. The molecule has 0 aromatic heterocycles. The Morgan fingerprint density at radius 3 is 2.19 bits per heavy atom. The maximum atomic E-state index is 9.87. The number of hydrogen-bond donors (Lipinski definition) is 3. The summed E-state index contributed by atoms with van der Waals surface area (Å²) < 4.78 is 5.84. The van der Waals surface area contributed by atoms with E-state index in [4.69, 9.17) is 24.5 Å². The van der Waals surface area contributed by atoms with Gasteiger partial charge < -0.3 is 20.1 Å². The lowest BCUT2D eigenvalue weighted by Crippen LogP contribution is -2.45. The molecule has 0 atom stereocenters. The number of aromatic hydroxyl groups is 1. The number of phenolic OH excluding ortho intramolecular Hbond substituents is 1. The Morgan fingerprint density at radius 1 is 1.03 bits per heavy atom. The molecule has 172 valence electrons. The first-order valence-corrected chi connectivity index (χ1v) is 10.8. The molecule has 0 bridgehead atoms. The zero-order chi connectivity index (χ0) is 23.5. The van der Waals surface area contributed by atoms with Crippen LogP contribution in [0.5, 0.6) is 11.5 Å². The van der Waals surface area contributed by atoms with Crippen LogP contribution in [0.25, 0.3) is 6.08 Å². The van der Waals surface area contributed by atoms with Gasteiger partial charge in [0.1, 0.15) is 0 Å². The summed E-state index contributed by atoms with van der Waals surface area (Å²) in [5.74, 6) is -3.03. The van der Waals surface area contributed by atoms with Crippen molar-refractivity contribution in [3.63, 3.8) is 0 Å². The number of carbonyl (C=O) groups is 2. The number of carboxylic acids is 2. The highest BCUT2D eigenvalue weighted by molar-refractivity contribution is 9.10. The minimum Gasteiger partial charge on any atom is -0.503 e. The van der Waals surface area contributed by atoms with Crippen LogP contribution in [0.2, 0.25) is 0 Å². The van der Waals surface area contributed by atoms with Gasteiger partial charge in [-0.15, -0.1) is 0 Å². The molecule has 8 nitrogen and oxygen atoms in total. The van der Waals surface area contributed by atoms with Crippen molar-refractivity contribution < 1.29 is 29.6 Å². The second kappa shape index (κ2) is 12.8. The SMILES string of the molecule is COc1cc(/C=C/CN2CCN(Cc3ccccc3)CC2)cc(Br)c1O.O=C(O)C(=O)O. The minimum atomic E-state index is -1.82. The third kappa shape index (κ3) is 8.33. The fourth-order valence-corrected chi connectivity index (χ4v) is 3.61. The Labute approximate surface area is 195 Å². The van der Waals surface area contributed by atoms with Gasteiger partial charge in [0, 0.05) is 39.3 Å². The monoisotopic (exact) mass is 506 g/mol.